The molecule has 17 heavy (non-hydrogen) atoms. The van der Waals surface area contributed by atoms with Crippen molar-refractivity contribution in [3.05, 3.63) is 24.2 Å². The first-order valence-electron chi connectivity index (χ1n) is 5.89. The lowest BCUT2D eigenvalue weighted by molar-refractivity contribution is -0.134. The lowest BCUT2D eigenvalue weighted by Gasteiger charge is -2.27. The summed E-state index contributed by atoms with van der Waals surface area (Å²) in [5.74, 6) is 0.964. The molecule has 1 aromatic heterocycles. The molecule has 0 aliphatic carbocycles. The molecule has 0 unspecified atom stereocenters. The molecule has 5 nitrogen and oxygen atoms in total. The Morgan fingerprint density at radius 1 is 1.53 bits per heavy atom. The maximum absolute atomic E-state index is 11.8. The van der Waals surface area contributed by atoms with Crippen molar-refractivity contribution in [2.24, 2.45) is 0 Å². The fraction of sp³-hybridized carbons (Fsp3) is 0.583. The van der Waals surface area contributed by atoms with Gasteiger partial charge < -0.3 is 14.1 Å². The van der Waals surface area contributed by atoms with Gasteiger partial charge in [0.1, 0.15) is 5.76 Å². The normalized spacial score (nSPS) is 18.1. The summed E-state index contributed by atoms with van der Waals surface area (Å²) < 4.78 is 10.5. The molecule has 1 N–H and O–H groups in total. The average Bonchev–Trinajstić information content (AvgIpc) is 2.90. The first-order valence-corrected chi connectivity index (χ1v) is 5.89. The van der Waals surface area contributed by atoms with Crippen molar-refractivity contribution >= 4 is 5.91 Å². The van der Waals surface area contributed by atoms with Gasteiger partial charge >= 0.3 is 0 Å². The molecule has 1 atom stereocenters. The van der Waals surface area contributed by atoms with Gasteiger partial charge in [-0.05, 0) is 19.1 Å². The summed E-state index contributed by atoms with van der Waals surface area (Å²) in [6.07, 6.45) is 1.64. The van der Waals surface area contributed by atoms with Gasteiger partial charge in [-0.3, -0.25) is 10.1 Å². The molecule has 1 aliphatic heterocycles. The summed E-state index contributed by atoms with van der Waals surface area (Å²) in [6, 6.07) is 3.80. The monoisotopic (exact) mass is 238 g/mol. The number of furan rings is 1. The minimum Gasteiger partial charge on any atom is -0.468 e. The highest BCUT2D eigenvalue weighted by Gasteiger charge is 2.17. The van der Waals surface area contributed by atoms with Crippen LogP contribution >= 0.6 is 0 Å². The molecule has 1 aliphatic rings. The number of nitrogens with one attached hydrogen (secondary N) is 1. The topological polar surface area (TPSA) is 54.7 Å². The number of ether oxygens (including phenoxy) is 1. The van der Waals surface area contributed by atoms with Crippen LogP contribution in [-0.4, -0.2) is 43.7 Å². The van der Waals surface area contributed by atoms with Gasteiger partial charge in [-0.15, -0.1) is 0 Å². The molecule has 2 rings (SSSR count). The molecule has 0 bridgehead atoms. The molecular formula is C12H18N2O3. The van der Waals surface area contributed by atoms with Crippen LogP contribution in [0.15, 0.2) is 22.8 Å². The summed E-state index contributed by atoms with van der Waals surface area (Å²) >= 11 is 0. The van der Waals surface area contributed by atoms with Crippen LogP contribution in [0.2, 0.25) is 0 Å². The van der Waals surface area contributed by atoms with Crippen molar-refractivity contribution in [1.82, 2.24) is 10.2 Å². The minimum atomic E-state index is 0.0509. The van der Waals surface area contributed by atoms with Crippen LogP contribution in [0.4, 0.5) is 0 Å². The lowest BCUT2D eigenvalue weighted by atomic mass is 10.2. The highest BCUT2D eigenvalue weighted by atomic mass is 16.5. The van der Waals surface area contributed by atoms with E-state index < -0.39 is 0 Å². The van der Waals surface area contributed by atoms with Crippen molar-refractivity contribution in [2.75, 3.05) is 32.8 Å². The highest BCUT2D eigenvalue weighted by Crippen LogP contribution is 2.11. The molecule has 0 radical (unpaired) electrons. The van der Waals surface area contributed by atoms with Gasteiger partial charge in [0.05, 0.1) is 32.1 Å². The van der Waals surface area contributed by atoms with Crippen LogP contribution in [0.1, 0.15) is 18.7 Å². The Morgan fingerprint density at radius 3 is 2.94 bits per heavy atom. The molecule has 0 aromatic carbocycles. The predicted octanol–water partition coefficient (Wildman–Crippen LogP) is 0.789. The van der Waals surface area contributed by atoms with Crippen molar-refractivity contribution in [3.63, 3.8) is 0 Å². The van der Waals surface area contributed by atoms with Crippen LogP contribution in [0.25, 0.3) is 0 Å². The van der Waals surface area contributed by atoms with Crippen molar-refractivity contribution in [1.29, 1.82) is 0 Å². The largest absolute Gasteiger partial charge is 0.468 e. The first kappa shape index (κ1) is 12.1. The second kappa shape index (κ2) is 5.84. The fourth-order valence-corrected chi connectivity index (χ4v) is 1.80. The quantitative estimate of drug-likeness (QED) is 0.842. The maximum Gasteiger partial charge on any atom is 0.236 e. The minimum absolute atomic E-state index is 0.0509. The van der Waals surface area contributed by atoms with E-state index >= 15 is 0 Å². The molecule has 0 saturated carbocycles. The van der Waals surface area contributed by atoms with Crippen LogP contribution in [0.5, 0.6) is 0 Å². The Morgan fingerprint density at radius 2 is 2.29 bits per heavy atom. The van der Waals surface area contributed by atoms with E-state index in [0.717, 1.165) is 5.76 Å². The number of carbonyl (C=O) groups excluding carboxylic acids is 1. The van der Waals surface area contributed by atoms with E-state index in [4.69, 9.17) is 9.15 Å². The molecule has 1 amide bonds. The summed E-state index contributed by atoms with van der Waals surface area (Å²) in [5.41, 5.74) is 0. The van der Waals surface area contributed by atoms with Gasteiger partial charge in [-0.1, -0.05) is 0 Å². The molecule has 2 heterocycles. The Hall–Kier alpha value is -1.33. The van der Waals surface area contributed by atoms with Gasteiger partial charge in [0, 0.05) is 13.1 Å². The Bertz CT molecular complexity index is 345. The third-order valence-corrected chi connectivity index (χ3v) is 2.89. The fourth-order valence-electron chi connectivity index (χ4n) is 1.80. The van der Waals surface area contributed by atoms with Crippen molar-refractivity contribution < 1.29 is 13.9 Å². The molecular weight excluding hydrogens is 220 g/mol. The zero-order valence-electron chi connectivity index (χ0n) is 10.0. The van der Waals surface area contributed by atoms with E-state index in [2.05, 4.69) is 5.32 Å². The first-order chi connectivity index (χ1) is 8.27. The summed E-state index contributed by atoms with van der Waals surface area (Å²) in [7, 11) is 0. The highest BCUT2D eigenvalue weighted by molar-refractivity contribution is 5.78. The third-order valence-electron chi connectivity index (χ3n) is 2.89. The number of rotatable bonds is 4. The molecule has 1 saturated heterocycles. The van der Waals surface area contributed by atoms with Gasteiger partial charge in [0.15, 0.2) is 0 Å². The molecule has 5 heteroatoms. The summed E-state index contributed by atoms with van der Waals surface area (Å²) in [4.78, 5) is 13.7. The maximum atomic E-state index is 11.8. The van der Waals surface area contributed by atoms with Crippen LogP contribution in [-0.2, 0) is 9.53 Å². The summed E-state index contributed by atoms with van der Waals surface area (Å²) in [5, 5.41) is 3.16. The summed E-state index contributed by atoms with van der Waals surface area (Å²) in [6.45, 7) is 4.97. The smallest absolute Gasteiger partial charge is 0.236 e. The molecule has 94 valence electrons. The standard InChI is InChI=1S/C12H18N2O3/c1-10(11-3-2-6-17-11)13-9-12(15)14-4-7-16-8-5-14/h2-3,6,10,13H,4-5,7-9H2,1H3/t10-/m0/s1. The number of carbonyl (C=O) groups is 1. The Labute approximate surface area is 101 Å². The number of morpholine rings is 1. The van der Waals surface area contributed by atoms with E-state index in [9.17, 15) is 4.79 Å². The van der Waals surface area contributed by atoms with Gasteiger partial charge in [0.2, 0.25) is 5.91 Å². The molecule has 1 fully saturated rings. The van der Waals surface area contributed by atoms with Crippen LogP contribution in [0, 0.1) is 0 Å². The van der Waals surface area contributed by atoms with Gasteiger partial charge in [0.25, 0.3) is 0 Å². The van der Waals surface area contributed by atoms with Crippen molar-refractivity contribution in [2.45, 2.75) is 13.0 Å². The second-order valence-electron chi connectivity index (χ2n) is 4.11. The van der Waals surface area contributed by atoms with E-state index in [1.165, 1.54) is 0 Å². The second-order valence-corrected chi connectivity index (χ2v) is 4.11. The van der Waals surface area contributed by atoms with Gasteiger partial charge in [-0.2, -0.15) is 0 Å². The van der Waals surface area contributed by atoms with Crippen LogP contribution in [0.3, 0.4) is 0 Å². The SMILES string of the molecule is C[C@H](NCC(=O)N1CCOCC1)c1ccco1. The lowest BCUT2D eigenvalue weighted by Crippen LogP contribution is -2.45. The predicted molar refractivity (Wildman–Crippen MR) is 62.5 cm³/mol. The third kappa shape index (κ3) is 3.31. The number of amides is 1. The zero-order valence-corrected chi connectivity index (χ0v) is 10.0. The Balaban J connectivity index is 1.75. The van der Waals surface area contributed by atoms with E-state index in [1.54, 1.807) is 6.26 Å². The van der Waals surface area contributed by atoms with Gasteiger partial charge in [-0.25, -0.2) is 0 Å². The average molecular weight is 238 g/mol. The van der Waals surface area contributed by atoms with E-state index in [-0.39, 0.29) is 11.9 Å². The van der Waals surface area contributed by atoms with E-state index in [0.29, 0.717) is 32.8 Å². The zero-order chi connectivity index (χ0) is 12.1. The number of nitrogens with zero attached hydrogens (tertiary/aromatic N) is 1. The number of hydrogen-bond acceptors (Lipinski definition) is 4. The van der Waals surface area contributed by atoms with Crippen LogP contribution < -0.4 is 5.32 Å². The molecule has 1 aromatic rings. The Kier molecular flexibility index (Phi) is 4.17. The van der Waals surface area contributed by atoms with E-state index in [1.807, 2.05) is 24.0 Å². The van der Waals surface area contributed by atoms with Crippen molar-refractivity contribution in [3.8, 4) is 0 Å². The number of hydrogen-bond donors (Lipinski definition) is 1. The molecule has 0 spiro atoms.